The lowest BCUT2D eigenvalue weighted by Crippen LogP contribution is -2.27. The van der Waals surface area contributed by atoms with Crippen LogP contribution in [0.25, 0.3) is 0 Å². The number of methoxy groups -OCH3 is 1. The molecule has 0 atom stereocenters. The summed E-state index contributed by atoms with van der Waals surface area (Å²) >= 11 is 0. The molecule has 0 aliphatic heterocycles. The number of halogens is 1. The first-order valence-corrected chi connectivity index (χ1v) is 8.00. The highest BCUT2D eigenvalue weighted by atomic mass is 19.1. The number of rotatable bonds is 8. The summed E-state index contributed by atoms with van der Waals surface area (Å²) in [7, 11) is 1.60. The van der Waals surface area contributed by atoms with E-state index in [1.54, 1.807) is 43.5 Å². The zero-order valence-corrected chi connectivity index (χ0v) is 14.0. The molecule has 6 heteroatoms. The molecular formula is C19H21FN2O3. The largest absolute Gasteiger partial charge is 0.385 e. The Bertz CT molecular complexity index is 717. The minimum atomic E-state index is -0.348. The van der Waals surface area contributed by atoms with Gasteiger partial charge in [-0.3, -0.25) is 9.59 Å². The van der Waals surface area contributed by atoms with Crippen LogP contribution in [0, 0.1) is 5.82 Å². The maximum atomic E-state index is 12.9. The summed E-state index contributed by atoms with van der Waals surface area (Å²) in [5, 5.41) is 5.53. The van der Waals surface area contributed by atoms with Crippen molar-refractivity contribution in [3.63, 3.8) is 0 Å². The third kappa shape index (κ3) is 6.00. The molecule has 0 radical (unpaired) electrons. The van der Waals surface area contributed by atoms with Gasteiger partial charge < -0.3 is 15.4 Å². The highest BCUT2D eigenvalue weighted by molar-refractivity contribution is 6.04. The lowest BCUT2D eigenvalue weighted by Gasteiger charge is -2.11. The SMILES string of the molecule is COCCCNC(=O)c1ccccc1NC(=O)Cc1ccc(F)cc1. The Hall–Kier alpha value is -2.73. The van der Waals surface area contributed by atoms with E-state index in [0.29, 0.717) is 36.4 Å². The van der Waals surface area contributed by atoms with Crippen molar-refractivity contribution in [1.29, 1.82) is 0 Å². The molecule has 0 heterocycles. The van der Waals surface area contributed by atoms with Gasteiger partial charge in [0.05, 0.1) is 17.7 Å². The van der Waals surface area contributed by atoms with Crippen LogP contribution in [0.5, 0.6) is 0 Å². The predicted molar refractivity (Wildman–Crippen MR) is 94.0 cm³/mol. The smallest absolute Gasteiger partial charge is 0.253 e. The molecule has 0 bridgehead atoms. The van der Waals surface area contributed by atoms with Crippen molar-refractivity contribution in [2.24, 2.45) is 0 Å². The topological polar surface area (TPSA) is 67.4 Å². The molecule has 2 N–H and O–H groups in total. The van der Waals surface area contributed by atoms with Crippen LogP contribution in [0.4, 0.5) is 10.1 Å². The van der Waals surface area contributed by atoms with Gasteiger partial charge in [-0.15, -0.1) is 0 Å². The van der Waals surface area contributed by atoms with Gasteiger partial charge in [-0.1, -0.05) is 24.3 Å². The van der Waals surface area contributed by atoms with Crippen molar-refractivity contribution in [3.05, 3.63) is 65.5 Å². The Balaban J connectivity index is 1.98. The zero-order valence-electron chi connectivity index (χ0n) is 14.0. The lowest BCUT2D eigenvalue weighted by molar-refractivity contribution is -0.115. The van der Waals surface area contributed by atoms with E-state index in [1.165, 1.54) is 12.1 Å². The molecule has 5 nitrogen and oxygen atoms in total. The number of hydrogen-bond donors (Lipinski definition) is 2. The quantitative estimate of drug-likeness (QED) is 0.724. The summed E-state index contributed by atoms with van der Waals surface area (Å²) < 4.78 is 17.8. The number of amides is 2. The van der Waals surface area contributed by atoms with Gasteiger partial charge in [0.25, 0.3) is 5.91 Å². The van der Waals surface area contributed by atoms with E-state index >= 15 is 0 Å². The minimum Gasteiger partial charge on any atom is -0.385 e. The molecule has 2 amide bonds. The summed E-state index contributed by atoms with van der Waals surface area (Å²) in [5.74, 6) is -0.875. The molecule has 0 unspecified atom stereocenters. The molecule has 2 aromatic carbocycles. The van der Waals surface area contributed by atoms with Crippen molar-refractivity contribution in [1.82, 2.24) is 5.32 Å². The van der Waals surface area contributed by atoms with Gasteiger partial charge in [-0.05, 0) is 36.2 Å². The van der Waals surface area contributed by atoms with E-state index in [2.05, 4.69) is 10.6 Å². The monoisotopic (exact) mass is 344 g/mol. The van der Waals surface area contributed by atoms with Crippen LogP contribution >= 0.6 is 0 Å². The van der Waals surface area contributed by atoms with Crippen LogP contribution in [-0.2, 0) is 16.0 Å². The molecular weight excluding hydrogens is 323 g/mol. The van der Waals surface area contributed by atoms with Crippen LogP contribution in [-0.4, -0.2) is 32.1 Å². The van der Waals surface area contributed by atoms with Crippen molar-refractivity contribution in [3.8, 4) is 0 Å². The van der Waals surface area contributed by atoms with Gasteiger partial charge in [0.15, 0.2) is 0 Å². The van der Waals surface area contributed by atoms with Gasteiger partial charge in [0.1, 0.15) is 5.82 Å². The number of hydrogen-bond acceptors (Lipinski definition) is 3. The maximum Gasteiger partial charge on any atom is 0.253 e. The molecule has 2 rings (SSSR count). The first-order chi connectivity index (χ1) is 12.1. The molecule has 2 aromatic rings. The second-order valence-electron chi connectivity index (χ2n) is 5.50. The van der Waals surface area contributed by atoms with Crippen LogP contribution < -0.4 is 10.6 Å². The van der Waals surface area contributed by atoms with Gasteiger partial charge in [-0.25, -0.2) is 4.39 Å². The highest BCUT2D eigenvalue weighted by Crippen LogP contribution is 2.15. The minimum absolute atomic E-state index is 0.101. The first kappa shape index (κ1) is 18.6. The van der Waals surface area contributed by atoms with Gasteiger partial charge in [0.2, 0.25) is 5.91 Å². The summed E-state index contributed by atoms with van der Waals surface area (Å²) in [6.07, 6.45) is 0.811. The number of para-hydroxylation sites is 1. The average Bonchev–Trinajstić information content (AvgIpc) is 2.61. The fourth-order valence-electron chi connectivity index (χ4n) is 2.29. The van der Waals surface area contributed by atoms with Crippen molar-refractivity contribution < 1.29 is 18.7 Å². The lowest BCUT2D eigenvalue weighted by atomic mass is 10.1. The van der Waals surface area contributed by atoms with Crippen molar-refractivity contribution in [2.75, 3.05) is 25.6 Å². The second-order valence-corrected chi connectivity index (χ2v) is 5.50. The molecule has 0 saturated heterocycles. The van der Waals surface area contributed by atoms with Crippen LogP contribution in [0.3, 0.4) is 0 Å². The fourth-order valence-corrected chi connectivity index (χ4v) is 2.29. The Labute approximate surface area is 146 Å². The molecule has 0 spiro atoms. The van der Waals surface area contributed by atoms with E-state index in [-0.39, 0.29) is 24.1 Å². The predicted octanol–water partition coefficient (Wildman–Crippen LogP) is 2.77. The Kier molecular flexibility index (Phi) is 7.10. The number of carbonyl (C=O) groups is 2. The van der Waals surface area contributed by atoms with E-state index in [4.69, 9.17) is 4.74 Å². The van der Waals surface area contributed by atoms with E-state index < -0.39 is 0 Å². The number of carbonyl (C=O) groups excluding carboxylic acids is 2. The van der Waals surface area contributed by atoms with Gasteiger partial charge in [-0.2, -0.15) is 0 Å². The van der Waals surface area contributed by atoms with E-state index in [9.17, 15) is 14.0 Å². The first-order valence-electron chi connectivity index (χ1n) is 8.00. The fraction of sp³-hybridized carbons (Fsp3) is 0.263. The molecule has 0 aliphatic rings. The van der Waals surface area contributed by atoms with E-state index in [1.807, 2.05) is 0 Å². The summed E-state index contributed by atoms with van der Waals surface area (Å²) in [6.45, 7) is 1.06. The van der Waals surface area contributed by atoms with Crippen LogP contribution in [0.15, 0.2) is 48.5 Å². The zero-order chi connectivity index (χ0) is 18.1. The van der Waals surface area contributed by atoms with Crippen molar-refractivity contribution >= 4 is 17.5 Å². The van der Waals surface area contributed by atoms with Crippen LogP contribution in [0.2, 0.25) is 0 Å². The Morgan fingerprint density at radius 2 is 1.80 bits per heavy atom. The second kappa shape index (κ2) is 9.54. The molecule has 0 aliphatic carbocycles. The van der Waals surface area contributed by atoms with E-state index in [0.717, 1.165) is 0 Å². The normalized spacial score (nSPS) is 10.3. The third-order valence-corrected chi connectivity index (χ3v) is 3.53. The Morgan fingerprint density at radius 3 is 2.52 bits per heavy atom. The summed E-state index contributed by atoms with van der Waals surface area (Å²) in [4.78, 5) is 24.4. The third-order valence-electron chi connectivity index (χ3n) is 3.53. The molecule has 132 valence electrons. The molecule has 0 aromatic heterocycles. The Morgan fingerprint density at radius 1 is 1.08 bits per heavy atom. The van der Waals surface area contributed by atoms with Crippen LogP contribution in [0.1, 0.15) is 22.3 Å². The number of anilines is 1. The number of benzene rings is 2. The highest BCUT2D eigenvalue weighted by Gasteiger charge is 2.13. The maximum absolute atomic E-state index is 12.9. The molecule has 0 fully saturated rings. The standard InChI is InChI=1S/C19H21FN2O3/c1-25-12-4-11-21-19(24)16-5-2-3-6-17(16)22-18(23)13-14-7-9-15(20)10-8-14/h2-3,5-10H,4,11-13H2,1H3,(H,21,24)(H,22,23). The number of nitrogens with one attached hydrogen (secondary N) is 2. The average molecular weight is 344 g/mol. The molecule has 0 saturated carbocycles. The summed E-state index contributed by atoms with van der Waals surface area (Å²) in [6, 6.07) is 12.5. The van der Waals surface area contributed by atoms with Gasteiger partial charge >= 0.3 is 0 Å². The van der Waals surface area contributed by atoms with Crippen molar-refractivity contribution in [2.45, 2.75) is 12.8 Å². The van der Waals surface area contributed by atoms with Gasteiger partial charge in [0, 0.05) is 20.3 Å². The molecule has 25 heavy (non-hydrogen) atoms. The summed E-state index contributed by atoms with van der Waals surface area (Å²) in [5.41, 5.74) is 1.53. The number of ether oxygens (including phenoxy) is 1.